The van der Waals surface area contributed by atoms with Crippen LogP contribution in [0.4, 0.5) is 39.5 Å². The van der Waals surface area contributed by atoms with Crippen molar-refractivity contribution in [2.75, 3.05) is 6.61 Å². The zero-order chi connectivity index (χ0) is 18.8. The lowest BCUT2D eigenvalue weighted by atomic mass is 9.95. The van der Waals surface area contributed by atoms with Gasteiger partial charge in [-0.2, -0.15) is 39.5 Å². The zero-order valence-corrected chi connectivity index (χ0v) is 12.0. The second-order valence-corrected chi connectivity index (χ2v) is 5.10. The molecule has 1 aromatic carbocycles. The van der Waals surface area contributed by atoms with Crippen LogP contribution in [-0.2, 0) is 12.3 Å². The minimum absolute atomic E-state index is 0.116. The second kappa shape index (κ2) is 6.81. The van der Waals surface area contributed by atoms with Gasteiger partial charge in [-0.05, 0) is 24.8 Å². The van der Waals surface area contributed by atoms with Crippen molar-refractivity contribution in [3.63, 3.8) is 0 Å². The molecule has 0 atom stereocenters. The SMILES string of the molecule is OCCCCc1ccc(C(F)(F)C(F)(F)C(F)(F)C(F)(F)F)cc1. The van der Waals surface area contributed by atoms with Gasteiger partial charge in [-0.25, -0.2) is 0 Å². The van der Waals surface area contributed by atoms with Crippen molar-refractivity contribution in [2.24, 2.45) is 0 Å². The van der Waals surface area contributed by atoms with Crippen LogP contribution in [-0.4, -0.2) is 29.7 Å². The summed E-state index contributed by atoms with van der Waals surface area (Å²) in [4.78, 5) is 0. The molecule has 1 N–H and O–H groups in total. The van der Waals surface area contributed by atoms with Crippen molar-refractivity contribution in [3.05, 3.63) is 35.4 Å². The van der Waals surface area contributed by atoms with Gasteiger partial charge >= 0.3 is 23.9 Å². The number of benzene rings is 1. The Bertz CT molecular complexity index is 534. The molecule has 1 aromatic rings. The molecule has 0 aliphatic heterocycles. The molecule has 0 aliphatic rings. The molecule has 0 saturated heterocycles. The Kier molecular flexibility index (Phi) is 5.85. The standard InChI is InChI=1S/C14H13F9O/c15-11(16,12(17,18)13(19,20)14(21,22)23)10-6-4-9(5-7-10)3-1-2-8-24/h4-7,24H,1-3,8H2. The minimum atomic E-state index is -6.90. The highest BCUT2D eigenvalue weighted by Gasteiger charge is 2.81. The Morgan fingerprint density at radius 2 is 1.21 bits per heavy atom. The molecule has 0 aromatic heterocycles. The average molecular weight is 368 g/mol. The van der Waals surface area contributed by atoms with Crippen LogP contribution in [0, 0.1) is 0 Å². The monoisotopic (exact) mass is 368 g/mol. The van der Waals surface area contributed by atoms with E-state index in [-0.39, 0.29) is 6.61 Å². The van der Waals surface area contributed by atoms with Gasteiger partial charge in [0, 0.05) is 12.2 Å². The maximum atomic E-state index is 13.6. The summed E-state index contributed by atoms with van der Waals surface area (Å²) in [7, 11) is 0. The first-order valence-corrected chi connectivity index (χ1v) is 6.69. The van der Waals surface area contributed by atoms with E-state index in [1.54, 1.807) is 0 Å². The van der Waals surface area contributed by atoms with Crippen molar-refractivity contribution in [2.45, 2.75) is 43.2 Å². The van der Waals surface area contributed by atoms with Gasteiger partial charge in [0.25, 0.3) is 0 Å². The first-order valence-electron chi connectivity index (χ1n) is 6.69. The van der Waals surface area contributed by atoms with E-state index in [0.29, 0.717) is 37.0 Å². The van der Waals surface area contributed by atoms with Gasteiger partial charge in [-0.1, -0.05) is 24.3 Å². The third-order valence-corrected chi connectivity index (χ3v) is 3.33. The number of aliphatic hydroxyl groups excluding tert-OH is 1. The van der Waals surface area contributed by atoms with Crippen LogP contribution >= 0.6 is 0 Å². The topological polar surface area (TPSA) is 20.2 Å². The molecule has 0 amide bonds. The summed E-state index contributed by atoms with van der Waals surface area (Å²) >= 11 is 0. The van der Waals surface area contributed by atoms with Crippen molar-refractivity contribution in [1.29, 1.82) is 0 Å². The molecule has 0 saturated carbocycles. The highest BCUT2D eigenvalue weighted by Crippen LogP contribution is 2.56. The highest BCUT2D eigenvalue weighted by molar-refractivity contribution is 5.28. The fourth-order valence-corrected chi connectivity index (χ4v) is 1.88. The van der Waals surface area contributed by atoms with Gasteiger partial charge in [0.2, 0.25) is 0 Å². The predicted molar refractivity (Wildman–Crippen MR) is 66.3 cm³/mol. The summed E-state index contributed by atoms with van der Waals surface area (Å²) < 4.78 is 115. The van der Waals surface area contributed by atoms with Crippen LogP contribution < -0.4 is 0 Å². The molecule has 10 heteroatoms. The molecule has 0 radical (unpaired) electrons. The minimum Gasteiger partial charge on any atom is -0.396 e. The Hall–Kier alpha value is -1.45. The zero-order valence-electron chi connectivity index (χ0n) is 12.0. The van der Waals surface area contributed by atoms with Gasteiger partial charge in [0.05, 0.1) is 0 Å². The Morgan fingerprint density at radius 3 is 1.62 bits per heavy atom. The number of halogens is 9. The lowest BCUT2D eigenvalue weighted by Gasteiger charge is -2.33. The molecule has 1 nitrogen and oxygen atoms in total. The molecule has 0 fully saturated rings. The Morgan fingerprint density at radius 1 is 0.708 bits per heavy atom. The Balaban J connectivity index is 3.10. The van der Waals surface area contributed by atoms with Gasteiger partial charge < -0.3 is 5.11 Å². The molecule has 0 spiro atoms. The van der Waals surface area contributed by atoms with E-state index in [2.05, 4.69) is 0 Å². The molecular formula is C14H13F9O. The van der Waals surface area contributed by atoms with E-state index in [1.165, 1.54) is 0 Å². The third kappa shape index (κ3) is 3.62. The fourth-order valence-electron chi connectivity index (χ4n) is 1.88. The summed E-state index contributed by atoms with van der Waals surface area (Å²) in [5, 5.41) is 8.58. The number of hydrogen-bond acceptors (Lipinski definition) is 1. The molecule has 1 rings (SSSR count). The van der Waals surface area contributed by atoms with Crippen LogP contribution in [0.3, 0.4) is 0 Å². The van der Waals surface area contributed by atoms with Crippen LogP contribution in [0.2, 0.25) is 0 Å². The van der Waals surface area contributed by atoms with Gasteiger partial charge in [-0.15, -0.1) is 0 Å². The molecular weight excluding hydrogens is 355 g/mol. The van der Waals surface area contributed by atoms with Gasteiger partial charge in [0.15, 0.2) is 0 Å². The van der Waals surface area contributed by atoms with Crippen molar-refractivity contribution in [1.82, 2.24) is 0 Å². The quantitative estimate of drug-likeness (QED) is 0.535. The van der Waals surface area contributed by atoms with Crippen molar-refractivity contribution < 1.29 is 44.6 Å². The van der Waals surface area contributed by atoms with Crippen LogP contribution in [0.1, 0.15) is 24.0 Å². The summed E-state index contributed by atoms with van der Waals surface area (Å²) in [6, 6.07) is 2.63. The number of unbranched alkanes of at least 4 members (excludes halogenated alkanes) is 1. The molecule has 138 valence electrons. The maximum Gasteiger partial charge on any atom is 0.460 e. The van der Waals surface area contributed by atoms with Crippen molar-refractivity contribution >= 4 is 0 Å². The number of aliphatic hydroxyl groups is 1. The Labute approximate surface area is 131 Å². The highest BCUT2D eigenvalue weighted by atomic mass is 19.4. The van der Waals surface area contributed by atoms with E-state index in [4.69, 9.17) is 5.11 Å². The lowest BCUT2D eigenvalue weighted by molar-refractivity contribution is -0.399. The smallest absolute Gasteiger partial charge is 0.396 e. The summed E-state index contributed by atoms with van der Waals surface area (Å²) in [6.07, 6.45) is -5.69. The van der Waals surface area contributed by atoms with Gasteiger partial charge in [0.1, 0.15) is 0 Å². The number of rotatable bonds is 7. The second-order valence-electron chi connectivity index (χ2n) is 5.10. The van der Waals surface area contributed by atoms with E-state index < -0.39 is 29.5 Å². The average Bonchev–Trinajstić information content (AvgIpc) is 2.46. The predicted octanol–water partition coefficient (Wildman–Crippen LogP) is 4.93. The van der Waals surface area contributed by atoms with E-state index in [9.17, 15) is 39.5 Å². The maximum absolute atomic E-state index is 13.6. The largest absolute Gasteiger partial charge is 0.460 e. The normalized spacial score (nSPS) is 14.1. The van der Waals surface area contributed by atoms with E-state index in [0.717, 1.165) is 12.1 Å². The van der Waals surface area contributed by atoms with Crippen LogP contribution in [0.25, 0.3) is 0 Å². The van der Waals surface area contributed by atoms with E-state index >= 15 is 0 Å². The lowest BCUT2D eigenvalue weighted by Crippen LogP contribution is -2.59. The fraction of sp³-hybridized carbons (Fsp3) is 0.571. The summed E-state index contributed by atoms with van der Waals surface area (Å²) in [6.45, 7) is -0.116. The van der Waals surface area contributed by atoms with E-state index in [1.807, 2.05) is 0 Å². The van der Waals surface area contributed by atoms with Crippen molar-refractivity contribution in [3.8, 4) is 0 Å². The molecule has 0 heterocycles. The third-order valence-electron chi connectivity index (χ3n) is 3.33. The first-order chi connectivity index (χ1) is 10.8. The summed E-state index contributed by atoms with van der Waals surface area (Å²) in [5.41, 5.74) is -1.27. The van der Waals surface area contributed by atoms with Crippen LogP contribution in [0.5, 0.6) is 0 Å². The molecule has 24 heavy (non-hydrogen) atoms. The van der Waals surface area contributed by atoms with Gasteiger partial charge in [-0.3, -0.25) is 0 Å². The molecule has 0 bridgehead atoms. The number of alkyl halides is 9. The molecule has 0 aliphatic carbocycles. The first kappa shape index (κ1) is 20.6. The number of aryl methyl sites for hydroxylation is 1. The van der Waals surface area contributed by atoms with Crippen LogP contribution in [0.15, 0.2) is 24.3 Å². The number of hydrogen-bond donors (Lipinski definition) is 1. The summed E-state index contributed by atoms with van der Waals surface area (Å²) in [5.74, 6) is -19.3. The molecule has 0 unspecified atom stereocenters.